The third-order valence-corrected chi connectivity index (χ3v) is 3.13. The largest absolute Gasteiger partial charge is 0.481 e. The number of ether oxygens (including phenoxy) is 1. The maximum Gasteiger partial charge on any atom is 0.366 e. The van der Waals surface area contributed by atoms with E-state index in [-0.39, 0.29) is 6.61 Å². The molecule has 0 saturated heterocycles. The SMILES string of the molecule is CCCOC(=O)/C(F)=C\[C@H]1[C@@H](C(=O)O)C1(C)C. The topological polar surface area (TPSA) is 63.6 Å². The van der Waals surface area contributed by atoms with Crippen molar-refractivity contribution in [2.45, 2.75) is 27.2 Å². The molecule has 1 aliphatic rings. The first-order valence-electron chi connectivity index (χ1n) is 5.59. The molecule has 0 unspecified atom stereocenters. The smallest absolute Gasteiger partial charge is 0.366 e. The van der Waals surface area contributed by atoms with E-state index in [0.717, 1.165) is 6.08 Å². The van der Waals surface area contributed by atoms with Gasteiger partial charge in [-0.1, -0.05) is 20.8 Å². The predicted octanol–water partition coefficient (Wildman–Crippen LogP) is 2.15. The number of carboxylic acid groups (broad SMARTS) is 1. The van der Waals surface area contributed by atoms with Gasteiger partial charge in [0, 0.05) is 0 Å². The summed E-state index contributed by atoms with van der Waals surface area (Å²) >= 11 is 0. The van der Waals surface area contributed by atoms with Crippen LogP contribution in [0.25, 0.3) is 0 Å². The summed E-state index contributed by atoms with van der Waals surface area (Å²) in [5.41, 5.74) is -0.506. The van der Waals surface area contributed by atoms with Crippen LogP contribution in [0.5, 0.6) is 0 Å². The van der Waals surface area contributed by atoms with Crippen molar-refractivity contribution in [2.24, 2.45) is 17.3 Å². The standard InChI is InChI=1S/C12H17FO4/c1-4-5-17-11(16)8(13)6-7-9(10(14)15)12(7,2)3/h6-7,9H,4-5H2,1-3H3,(H,14,15)/b8-6+/t7-,9-/m0/s1. The van der Waals surface area contributed by atoms with Gasteiger partial charge < -0.3 is 9.84 Å². The molecule has 0 spiro atoms. The minimum atomic E-state index is -1.02. The first-order chi connectivity index (χ1) is 7.82. The summed E-state index contributed by atoms with van der Waals surface area (Å²) in [4.78, 5) is 22.0. The van der Waals surface area contributed by atoms with Crippen molar-refractivity contribution in [3.8, 4) is 0 Å². The Kier molecular flexibility index (Phi) is 3.91. The highest BCUT2D eigenvalue weighted by Gasteiger charge is 2.61. The number of carbonyl (C=O) groups excluding carboxylic acids is 1. The van der Waals surface area contributed by atoms with E-state index in [1.54, 1.807) is 20.8 Å². The minimum absolute atomic E-state index is 0.163. The van der Waals surface area contributed by atoms with Crippen LogP contribution in [0, 0.1) is 17.3 Å². The van der Waals surface area contributed by atoms with Gasteiger partial charge in [0.05, 0.1) is 12.5 Å². The zero-order chi connectivity index (χ0) is 13.2. The molecule has 1 saturated carbocycles. The second-order valence-electron chi connectivity index (χ2n) is 4.81. The number of allylic oxidation sites excluding steroid dienone is 1. The van der Waals surface area contributed by atoms with Crippen LogP contribution in [0.15, 0.2) is 11.9 Å². The third kappa shape index (κ3) is 2.84. The number of carbonyl (C=O) groups is 2. The van der Waals surface area contributed by atoms with E-state index in [9.17, 15) is 14.0 Å². The van der Waals surface area contributed by atoms with Gasteiger partial charge in [-0.15, -0.1) is 0 Å². The maximum atomic E-state index is 13.4. The van der Waals surface area contributed by atoms with Crippen molar-refractivity contribution in [3.05, 3.63) is 11.9 Å². The lowest BCUT2D eigenvalue weighted by atomic mass is 10.1. The first-order valence-corrected chi connectivity index (χ1v) is 5.59. The van der Waals surface area contributed by atoms with Gasteiger partial charge in [-0.05, 0) is 23.8 Å². The van der Waals surface area contributed by atoms with Crippen molar-refractivity contribution in [1.29, 1.82) is 0 Å². The average molecular weight is 244 g/mol. The summed E-state index contributed by atoms with van der Waals surface area (Å²) in [5, 5.41) is 8.88. The van der Waals surface area contributed by atoms with E-state index in [0.29, 0.717) is 6.42 Å². The van der Waals surface area contributed by atoms with Gasteiger partial charge in [0.25, 0.3) is 0 Å². The van der Waals surface area contributed by atoms with E-state index < -0.39 is 35.0 Å². The van der Waals surface area contributed by atoms with E-state index in [4.69, 9.17) is 5.11 Å². The molecule has 0 aromatic carbocycles. The normalized spacial score (nSPS) is 26.5. The quantitative estimate of drug-likeness (QED) is 0.594. The lowest BCUT2D eigenvalue weighted by molar-refractivity contribution is -0.141. The summed E-state index contributed by atoms with van der Waals surface area (Å²) < 4.78 is 18.0. The molecule has 0 aromatic heterocycles. The summed E-state index contributed by atoms with van der Waals surface area (Å²) in [6.07, 6.45) is 1.68. The Labute approximate surface area is 99.5 Å². The van der Waals surface area contributed by atoms with Crippen LogP contribution in [-0.2, 0) is 14.3 Å². The second-order valence-corrected chi connectivity index (χ2v) is 4.81. The molecule has 96 valence electrons. The highest BCUT2D eigenvalue weighted by molar-refractivity contribution is 5.86. The monoisotopic (exact) mass is 244 g/mol. The molecule has 17 heavy (non-hydrogen) atoms. The molecule has 1 N–H and O–H groups in total. The van der Waals surface area contributed by atoms with E-state index in [1.165, 1.54) is 0 Å². The van der Waals surface area contributed by atoms with Gasteiger partial charge >= 0.3 is 11.9 Å². The zero-order valence-electron chi connectivity index (χ0n) is 10.2. The fraction of sp³-hybridized carbons (Fsp3) is 0.667. The predicted molar refractivity (Wildman–Crippen MR) is 58.8 cm³/mol. The van der Waals surface area contributed by atoms with Crippen LogP contribution in [0.1, 0.15) is 27.2 Å². The van der Waals surface area contributed by atoms with Crippen molar-refractivity contribution >= 4 is 11.9 Å². The van der Waals surface area contributed by atoms with Gasteiger partial charge in [0.1, 0.15) is 0 Å². The van der Waals surface area contributed by atoms with Crippen molar-refractivity contribution < 1.29 is 23.8 Å². The Hall–Kier alpha value is -1.39. The Morgan fingerprint density at radius 2 is 2.06 bits per heavy atom. The molecular weight excluding hydrogens is 227 g/mol. The highest BCUT2D eigenvalue weighted by Crippen LogP contribution is 2.59. The lowest BCUT2D eigenvalue weighted by Crippen LogP contribution is -2.06. The molecule has 0 heterocycles. The van der Waals surface area contributed by atoms with Crippen molar-refractivity contribution in [2.75, 3.05) is 6.61 Å². The van der Waals surface area contributed by atoms with Gasteiger partial charge in [-0.2, -0.15) is 4.39 Å². The van der Waals surface area contributed by atoms with Crippen LogP contribution in [0.4, 0.5) is 4.39 Å². The van der Waals surface area contributed by atoms with Gasteiger partial charge in [-0.25, -0.2) is 4.79 Å². The van der Waals surface area contributed by atoms with Gasteiger partial charge in [0.15, 0.2) is 0 Å². The molecule has 4 nitrogen and oxygen atoms in total. The Balaban J connectivity index is 2.65. The molecule has 1 aliphatic carbocycles. The molecule has 0 aromatic rings. The number of halogens is 1. The summed E-state index contributed by atoms with van der Waals surface area (Å²) in [7, 11) is 0. The summed E-state index contributed by atoms with van der Waals surface area (Å²) in [6, 6.07) is 0. The van der Waals surface area contributed by atoms with Crippen LogP contribution in [0.3, 0.4) is 0 Å². The lowest BCUT2D eigenvalue weighted by Gasteiger charge is -2.00. The third-order valence-electron chi connectivity index (χ3n) is 3.13. The molecular formula is C12H17FO4. The molecule has 0 bridgehead atoms. The maximum absolute atomic E-state index is 13.4. The average Bonchev–Trinajstić information content (AvgIpc) is 2.76. The fourth-order valence-corrected chi connectivity index (χ4v) is 1.95. The van der Waals surface area contributed by atoms with Crippen LogP contribution >= 0.6 is 0 Å². The zero-order valence-corrected chi connectivity index (χ0v) is 10.2. The molecule has 5 heteroatoms. The van der Waals surface area contributed by atoms with Gasteiger partial charge in [0.2, 0.25) is 5.83 Å². The number of esters is 1. The molecule has 2 atom stereocenters. The first kappa shape index (κ1) is 13.7. The number of carboxylic acids is 1. The van der Waals surface area contributed by atoms with Crippen LogP contribution < -0.4 is 0 Å². The number of rotatable bonds is 5. The highest BCUT2D eigenvalue weighted by atomic mass is 19.1. The molecule has 0 radical (unpaired) electrons. The number of hydrogen-bond donors (Lipinski definition) is 1. The summed E-state index contributed by atoms with van der Waals surface area (Å²) in [6.45, 7) is 5.44. The van der Waals surface area contributed by atoms with E-state index >= 15 is 0 Å². The minimum Gasteiger partial charge on any atom is -0.481 e. The summed E-state index contributed by atoms with van der Waals surface area (Å²) in [5.74, 6) is -4.06. The van der Waals surface area contributed by atoms with Crippen molar-refractivity contribution in [3.63, 3.8) is 0 Å². The second kappa shape index (κ2) is 4.85. The fourth-order valence-electron chi connectivity index (χ4n) is 1.95. The van der Waals surface area contributed by atoms with Crippen LogP contribution in [-0.4, -0.2) is 23.7 Å². The van der Waals surface area contributed by atoms with E-state index in [1.807, 2.05) is 0 Å². The van der Waals surface area contributed by atoms with E-state index in [2.05, 4.69) is 4.74 Å². The Morgan fingerprint density at radius 1 is 1.47 bits per heavy atom. The molecule has 1 fully saturated rings. The van der Waals surface area contributed by atoms with Crippen molar-refractivity contribution in [1.82, 2.24) is 0 Å². The number of hydrogen-bond acceptors (Lipinski definition) is 3. The number of aliphatic carboxylic acids is 1. The Morgan fingerprint density at radius 3 is 2.47 bits per heavy atom. The molecule has 0 aliphatic heterocycles. The molecule has 1 rings (SSSR count). The van der Waals surface area contributed by atoms with Crippen LogP contribution in [0.2, 0.25) is 0 Å². The molecule has 0 amide bonds. The Bertz CT molecular complexity index is 360. The van der Waals surface area contributed by atoms with Gasteiger partial charge in [-0.3, -0.25) is 4.79 Å².